The molecule has 3 unspecified atom stereocenters. The van der Waals surface area contributed by atoms with Crippen molar-refractivity contribution in [2.24, 2.45) is 21.5 Å². The molecule has 13 heteroatoms. The number of aryl methyl sites for hydroxylation is 1. The van der Waals surface area contributed by atoms with Crippen molar-refractivity contribution in [3.8, 4) is 0 Å². The predicted octanol–water partition coefficient (Wildman–Crippen LogP) is -0.952. The molecule has 34 heavy (non-hydrogen) atoms. The standard InChI is InChI=1S/C21H24FN7O5/c1-9-5-12(11-6-10(22)3-4-13(11)25-9)17(31)34-15-7-28-18(23)26-14(8-30)16-21(28,20(15,2)32)29(33)19(24)27-16/h3-6,14-16,30,32-33H,7-8H2,1-2H3,(H2,23,26)(H2,24,27)/t14?,15-,16?,20-,21?/m0/s1. The summed E-state index contributed by atoms with van der Waals surface area (Å²) >= 11 is 0. The number of aromatic nitrogens is 1. The molecule has 0 saturated carbocycles. The van der Waals surface area contributed by atoms with Gasteiger partial charge in [0.15, 0.2) is 12.1 Å². The van der Waals surface area contributed by atoms with Crippen LogP contribution in [0.4, 0.5) is 4.39 Å². The van der Waals surface area contributed by atoms with Gasteiger partial charge in [-0.25, -0.2) is 19.2 Å². The molecule has 1 fully saturated rings. The van der Waals surface area contributed by atoms with Crippen LogP contribution in [0.5, 0.6) is 0 Å². The summed E-state index contributed by atoms with van der Waals surface area (Å²) in [6.45, 7) is 2.42. The molecular weight excluding hydrogens is 449 g/mol. The van der Waals surface area contributed by atoms with Gasteiger partial charge >= 0.3 is 5.97 Å². The molecule has 4 heterocycles. The summed E-state index contributed by atoms with van der Waals surface area (Å²) in [6.07, 6.45) is -1.23. The lowest BCUT2D eigenvalue weighted by Crippen LogP contribution is -2.76. The summed E-state index contributed by atoms with van der Waals surface area (Å²) in [6, 6.07) is 3.44. The molecule has 1 saturated heterocycles. The van der Waals surface area contributed by atoms with Crippen LogP contribution < -0.4 is 11.5 Å². The predicted molar refractivity (Wildman–Crippen MR) is 117 cm³/mol. The van der Waals surface area contributed by atoms with Crippen molar-refractivity contribution >= 4 is 28.8 Å². The molecule has 0 aliphatic carbocycles. The average Bonchev–Trinajstić information content (AvgIpc) is 3.19. The van der Waals surface area contributed by atoms with Crippen LogP contribution >= 0.6 is 0 Å². The zero-order valence-electron chi connectivity index (χ0n) is 18.4. The number of esters is 1. The fourth-order valence-corrected chi connectivity index (χ4v) is 5.29. The van der Waals surface area contributed by atoms with Gasteiger partial charge in [0, 0.05) is 11.1 Å². The van der Waals surface area contributed by atoms with Gasteiger partial charge in [0.1, 0.15) is 23.5 Å². The highest BCUT2D eigenvalue weighted by Crippen LogP contribution is 2.50. The molecule has 2 aromatic rings. The van der Waals surface area contributed by atoms with Crippen molar-refractivity contribution < 1.29 is 29.3 Å². The van der Waals surface area contributed by atoms with Crippen LogP contribution in [0.3, 0.4) is 0 Å². The van der Waals surface area contributed by atoms with E-state index in [9.17, 15) is 24.6 Å². The normalized spacial score (nSPS) is 32.4. The highest BCUT2D eigenvalue weighted by molar-refractivity contribution is 6.03. The number of aliphatic imine (C=N–C) groups is 2. The van der Waals surface area contributed by atoms with Crippen molar-refractivity contribution in [3.63, 3.8) is 0 Å². The lowest BCUT2D eigenvalue weighted by atomic mass is 9.79. The topological polar surface area (TPSA) is 183 Å². The van der Waals surface area contributed by atoms with Crippen molar-refractivity contribution in [3.05, 3.63) is 41.3 Å². The second-order valence-corrected chi connectivity index (χ2v) is 8.83. The first-order chi connectivity index (χ1) is 16.0. The van der Waals surface area contributed by atoms with E-state index in [1.165, 1.54) is 36.1 Å². The third-order valence-corrected chi connectivity index (χ3v) is 6.85. The first-order valence-corrected chi connectivity index (χ1v) is 10.6. The first kappa shape index (κ1) is 22.3. The molecule has 1 spiro atoms. The van der Waals surface area contributed by atoms with Crippen LogP contribution in [0.1, 0.15) is 23.0 Å². The highest BCUT2D eigenvalue weighted by Gasteiger charge is 2.75. The summed E-state index contributed by atoms with van der Waals surface area (Å²) in [5.41, 5.74) is 9.21. The maximum absolute atomic E-state index is 13.9. The van der Waals surface area contributed by atoms with Crippen molar-refractivity contribution in [1.29, 1.82) is 0 Å². The van der Waals surface area contributed by atoms with E-state index in [1.54, 1.807) is 6.92 Å². The Hall–Kier alpha value is -3.55. The highest BCUT2D eigenvalue weighted by atomic mass is 19.1. The monoisotopic (exact) mass is 473 g/mol. The smallest absolute Gasteiger partial charge is 0.339 e. The molecule has 0 radical (unpaired) electrons. The van der Waals surface area contributed by atoms with Crippen molar-refractivity contribution in [2.45, 2.75) is 43.3 Å². The van der Waals surface area contributed by atoms with Crippen molar-refractivity contribution in [1.82, 2.24) is 14.9 Å². The minimum atomic E-state index is -1.98. The van der Waals surface area contributed by atoms with E-state index in [0.717, 1.165) is 0 Å². The average molecular weight is 473 g/mol. The van der Waals surface area contributed by atoms with E-state index in [-0.39, 0.29) is 29.4 Å². The van der Waals surface area contributed by atoms with Gasteiger partial charge < -0.3 is 31.3 Å². The molecule has 12 nitrogen and oxygen atoms in total. The molecule has 5 rings (SSSR count). The number of rotatable bonds is 3. The van der Waals surface area contributed by atoms with Gasteiger partial charge in [-0.3, -0.25) is 10.2 Å². The number of benzene rings is 1. The number of fused-ring (bicyclic) bond motifs is 1. The van der Waals surface area contributed by atoms with E-state index in [4.69, 9.17) is 16.2 Å². The third-order valence-electron chi connectivity index (χ3n) is 6.85. The Morgan fingerprint density at radius 3 is 2.74 bits per heavy atom. The largest absolute Gasteiger partial charge is 0.454 e. The van der Waals surface area contributed by atoms with E-state index in [1.807, 2.05) is 0 Å². The van der Waals surface area contributed by atoms with Crippen LogP contribution in [-0.4, -0.2) is 90.9 Å². The molecule has 7 N–H and O–H groups in total. The summed E-state index contributed by atoms with van der Waals surface area (Å²) in [4.78, 5) is 27.4. The molecule has 3 aliphatic heterocycles. The van der Waals surface area contributed by atoms with E-state index >= 15 is 0 Å². The number of hydrogen-bond donors (Lipinski definition) is 5. The number of carbonyl (C=O) groups excluding carboxylic acids is 1. The summed E-state index contributed by atoms with van der Waals surface area (Å²) in [5.74, 6) is -1.78. The number of aliphatic hydroxyl groups is 2. The Morgan fingerprint density at radius 1 is 1.29 bits per heavy atom. The molecule has 1 aromatic carbocycles. The molecule has 0 bridgehead atoms. The second-order valence-electron chi connectivity index (χ2n) is 8.83. The van der Waals surface area contributed by atoms with Crippen LogP contribution in [-0.2, 0) is 4.74 Å². The Morgan fingerprint density at radius 2 is 2.03 bits per heavy atom. The number of halogens is 1. The van der Waals surface area contributed by atoms with Gasteiger partial charge in [0.05, 0.1) is 24.2 Å². The minimum Gasteiger partial charge on any atom is -0.454 e. The summed E-state index contributed by atoms with van der Waals surface area (Å²) in [5, 5.41) is 33.3. The van der Waals surface area contributed by atoms with Crippen molar-refractivity contribution in [2.75, 3.05) is 13.2 Å². The Kier molecular flexibility index (Phi) is 4.73. The number of hydrogen-bond acceptors (Lipinski definition) is 12. The lowest BCUT2D eigenvalue weighted by molar-refractivity contribution is -0.228. The Bertz CT molecular complexity index is 1270. The molecular formula is C21H24FN7O5. The minimum absolute atomic E-state index is 0.0645. The van der Waals surface area contributed by atoms with Gasteiger partial charge in [-0.15, -0.1) is 0 Å². The molecule has 180 valence electrons. The summed E-state index contributed by atoms with van der Waals surface area (Å²) in [7, 11) is 0. The number of hydroxylamine groups is 2. The van der Waals surface area contributed by atoms with Crippen LogP contribution in [0, 0.1) is 12.7 Å². The van der Waals surface area contributed by atoms with Gasteiger partial charge in [-0.05, 0) is 38.1 Å². The van der Waals surface area contributed by atoms with Crippen LogP contribution in [0.15, 0.2) is 34.3 Å². The number of nitrogens with zero attached hydrogens (tertiary/aromatic N) is 5. The molecule has 3 aliphatic rings. The van der Waals surface area contributed by atoms with Crippen LogP contribution in [0.25, 0.3) is 10.9 Å². The fraction of sp³-hybridized carbons (Fsp3) is 0.429. The zero-order valence-corrected chi connectivity index (χ0v) is 18.4. The molecule has 1 aromatic heterocycles. The van der Waals surface area contributed by atoms with E-state index < -0.39 is 47.8 Å². The number of ether oxygens (including phenoxy) is 1. The van der Waals surface area contributed by atoms with E-state index in [0.29, 0.717) is 16.3 Å². The second kappa shape index (κ2) is 7.22. The number of pyridine rings is 1. The SMILES string of the molecule is Cc1cc(C(=O)O[C@H]2CN3C(N)=NC(CO)C4N=C(N)N(O)C43[C@@]2(C)O)c2cc(F)ccc2n1. The van der Waals surface area contributed by atoms with Gasteiger partial charge in [-0.1, -0.05) is 0 Å². The van der Waals surface area contributed by atoms with Gasteiger partial charge in [-0.2, -0.15) is 5.06 Å². The Labute approximate surface area is 192 Å². The quantitative estimate of drug-likeness (QED) is 0.348. The zero-order chi connectivity index (χ0) is 24.6. The van der Waals surface area contributed by atoms with Crippen LogP contribution in [0.2, 0.25) is 0 Å². The fourth-order valence-electron chi connectivity index (χ4n) is 5.29. The Balaban J connectivity index is 1.56. The summed E-state index contributed by atoms with van der Waals surface area (Å²) < 4.78 is 19.6. The number of nitrogens with two attached hydrogens (primary N) is 2. The first-order valence-electron chi connectivity index (χ1n) is 10.6. The molecule has 0 amide bonds. The maximum atomic E-state index is 13.9. The number of carbonyl (C=O) groups is 1. The maximum Gasteiger partial charge on any atom is 0.339 e. The van der Waals surface area contributed by atoms with Gasteiger partial charge in [0.2, 0.25) is 11.6 Å². The van der Waals surface area contributed by atoms with Gasteiger partial charge in [0.25, 0.3) is 0 Å². The molecule has 5 atom stereocenters. The number of aliphatic hydroxyl groups excluding tert-OH is 1. The van der Waals surface area contributed by atoms with E-state index in [2.05, 4.69) is 15.0 Å². The third kappa shape index (κ3) is 2.74. The lowest BCUT2D eigenvalue weighted by Gasteiger charge is -2.51. The number of guanidine groups is 2.